The Kier molecular flexibility index (Phi) is 5.56. The molecule has 1 rings (SSSR count). The van der Waals surface area contributed by atoms with E-state index in [0.717, 1.165) is 5.69 Å². The van der Waals surface area contributed by atoms with Crippen molar-refractivity contribution in [3.63, 3.8) is 0 Å². The summed E-state index contributed by atoms with van der Waals surface area (Å²) in [7, 11) is 0. The number of aliphatic hydroxyl groups excluding tert-OH is 1. The largest absolute Gasteiger partial charge is 0.395 e. The number of aliphatic hydroxyl groups is 1. The van der Waals surface area contributed by atoms with Gasteiger partial charge in [-0.3, -0.25) is 4.79 Å². The van der Waals surface area contributed by atoms with Crippen LogP contribution in [0.3, 0.4) is 0 Å². The van der Waals surface area contributed by atoms with Gasteiger partial charge in [0.05, 0.1) is 6.61 Å². The van der Waals surface area contributed by atoms with Gasteiger partial charge in [0.2, 0.25) is 0 Å². The van der Waals surface area contributed by atoms with E-state index < -0.39 is 0 Å². The molecule has 0 bridgehead atoms. The number of halogens is 1. The molecule has 1 aromatic rings. The second-order valence-electron chi connectivity index (χ2n) is 4.37. The first kappa shape index (κ1) is 14.9. The molecule has 0 aromatic carbocycles. The van der Waals surface area contributed by atoms with Crippen LogP contribution in [0.2, 0.25) is 5.15 Å². The second-order valence-corrected chi connectivity index (χ2v) is 4.75. The van der Waals surface area contributed by atoms with Crippen LogP contribution in [0.4, 0.5) is 0 Å². The molecule has 0 spiro atoms. The molecule has 4 nitrogen and oxygen atoms in total. The Hall–Kier alpha value is -1.13. The van der Waals surface area contributed by atoms with Crippen LogP contribution in [0, 0.1) is 0 Å². The van der Waals surface area contributed by atoms with E-state index in [-0.39, 0.29) is 18.4 Å². The van der Waals surface area contributed by atoms with E-state index in [0.29, 0.717) is 23.8 Å². The number of aromatic nitrogens is 1. The van der Waals surface area contributed by atoms with Gasteiger partial charge in [-0.05, 0) is 25.0 Å². The number of hydrogen-bond acceptors (Lipinski definition) is 3. The van der Waals surface area contributed by atoms with E-state index in [4.69, 9.17) is 16.7 Å². The highest BCUT2D eigenvalue weighted by Gasteiger charge is 2.16. The Balaban J connectivity index is 3.04. The summed E-state index contributed by atoms with van der Waals surface area (Å²) >= 11 is 5.93. The number of hydrogen-bond donors (Lipinski definition) is 1. The van der Waals surface area contributed by atoms with Gasteiger partial charge in [0, 0.05) is 24.3 Å². The molecule has 1 heterocycles. The summed E-state index contributed by atoms with van der Waals surface area (Å²) in [5.74, 6) is 0.0842. The maximum absolute atomic E-state index is 12.2. The lowest BCUT2D eigenvalue weighted by atomic mass is 10.1. The fourth-order valence-electron chi connectivity index (χ4n) is 1.64. The van der Waals surface area contributed by atoms with Crippen LogP contribution in [0.15, 0.2) is 12.1 Å². The van der Waals surface area contributed by atoms with E-state index >= 15 is 0 Å². The van der Waals surface area contributed by atoms with Gasteiger partial charge in [-0.25, -0.2) is 4.98 Å². The zero-order valence-corrected chi connectivity index (χ0v) is 11.7. The third-order valence-electron chi connectivity index (χ3n) is 2.69. The summed E-state index contributed by atoms with van der Waals surface area (Å²) in [5, 5.41) is 9.25. The van der Waals surface area contributed by atoms with E-state index in [2.05, 4.69) is 4.98 Å². The Morgan fingerprint density at radius 2 is 2.17 bits per heavy atom. The predicted molar refractivity (Wildman–Crippen MR) is 72.0 cm³/mol. The molecule has 1 N–H and O–H groups in total. The maximum atomic E-state index is 12.2. The Labute approximate surface area is 113 Å². The third kappa shape index (κ3) is 3.68. The smallest absolute Gasteiger partial charge is 0.254 e. The summed E-state index contributed by atoms with van der Waals surface area (Å²) in [5.41, 5.74) is 1.32. The number of likely N-dealkylation sites (N-methyl/N-ethyl adjacent to an activating group) is 1. The molecule has 18 heavy (non-hydrogen) atoms. The SMILES string of the molecule is CCN(CCO)C(=O)c1cc(Cl)nc(C(C)C)c1. The topological polar surface area (TPSA) is 53.4 Å². The Bertz CT molecular complexity index is 421. The van der Waals surface area contributed by atoms with E-state index in [1.54, 1.807) is 17.0 Å². The molecule has 0 aliphatic heterocycles. The van der Waals surface area contributed by atoms with Gasteiger partial charge in [-0.2, -0.15) is 0 Å². The van der Waals surface area contributed by atoms with Crippen LogP contribution in [-0.4, -0.2) is 40.6 Å². The Morgan fingerprint density at radius 3 is 2.67 bits per heavy atom. The van der Waals surface area contributed by atoms with E-state index in [1.165, 1.54) is 0 Å². The molecule has 0 saturated heterocycles. The molecular formula is C13H19ClN2O2. The van der Waals surface area contributed by atoms with Crippen LogP contribution in [-0.2, 0) is 0 Å². The first-order chi connectivity index (χ1) is 8.49. The lowest BCUT2D eigenvalue weighted by Crippen LogP contribution is -2.33. The second kappa shape index (κ2) is 6.71. The van der Waals surface area contributed by atoms with Crippen LogP contribution in [0.1, 0.15) is 42.7 Å². The quantitative estimate of drug-likeness (QED) is 0.836. The summed E-state index contributed by atoms with van der Waals surface area (Å²) in [4.78, 5) is 18.0. The van der Waals surface area contributed by atoms with Crippen molar-refractivity contribution < 1.29 is 9.90 Å². The van der Waals surface area contributed by atoms with Crippen molar-refractivity contribution in [3.05, 3.63) is 28.5 Å². The van der Waals surface area contributed by atoms with Crippen molar-refractivity contribution in [1.82, 2.24) is 9.88 Å². The van der Waals surface area contributed by atoms with Crippen LogP contribution < -0.4 is 0 Å². The van der Waals surface area contributed by atoms with Crippen molar-refractivity contribution in [2.45, 2.75) is 26.7 Å². The molecule has 0 saturated carbocycles. The number of carbonyl (C=O) groups is 1. The summed E-state index contributed by atoms with van der Waals surface area (Å²) in [6.07, 6.45) is 0. The van der Waals surface area contributed by atoms with Crippen LogP contribution in [0.5, 0.6) is 0 Å². The molecule has 1 aromatic heterocycles. The Morgan fingerprint density at radius 1 is 1.50 bits per heavy atom. The molecule has 1 amide bonds. The van der Waals surface area contributed by atoms with Gasteiger partial charge < -0.3 is 10.0 Å². The zero-order chi connectivity index (χ0) is 13.7. The summed E-state index contributed by atoms with van der Waals surface area (Å²) in [6, 6.07) is 3.33. The lowest BCUT2D eigenvalue weighted by Gasteiger charge is -2.20. The third-order valence-corrected chi connectivity index (χ3v) is 2.88. The van der Waals surface area contributed by atoms with Crippen molar-refractivity contribution in [3.8, 4) is 0 Å². The van der Waals surface area contributed by atoms with Gasteiger partial charge in [0.15, 0.2) is 0 Å². The zero-order valence-electron chi connectivity index (χ0n) is 11.0. The molecule has 5 heteroatoms. The van der Waals surface area contributed by atoms with Gasteiger partial charge in [0.1, 0.15) is 5.15 Å². The van der Waals surface area contributed by atoms with Crippen molar-refractivity contribution in [2.75, 3.05) is 19.7 Å². The number of rotatable bonds is 5. The van der Waals surface area contributed by atoms with Gasteiger partial charge in [-0.15, -0.1) is 0 Å². The maximum Gasteiger partial charge on any atom is 0.254 e. The van der Waals surface area contributed by atoms with Gasteiger partial charge in [-0.1, -0.05) is 25.4 Å². The average Bonchev–Trinajstić information content (AvgIpc) is 2.34. The molecule has 0 fully saturated rings. The highest BCUT2D eigenvalue weighted by Crippen LogP contribution is 2.18. The van der Waals surface area contributed by atoms with Gasteiger partial charge in [0.25, 0.3) is 5.91 Å². The molecule has 0 unspecified atom stereocenters. The standard InChI is InChI=1S/C13H19ClN2O2/c1-4-16(5-6-17)13(18)10-7-11(9(2)3)15-12(14)8-10/h7-9,17H,4-6H2,1-3H3. The van der Waals surface area contributed by atoms with Crippen LogP contribution in [0.25, 0.3) is 0 Å². The number of nitrogens with zero attached hydrogens (tertiary/aromatic N) is 2. The average molecular weight is 271 g/mol. The van der Waals surface area contributed by atoms with E-state index in [9.17, 15) is 4.79 Å². The number of carbonyl (C=O) groups excluding carboxylic acids is 1. The minimum Gasteiger partial charge on any atom is -0.395 e. The molecule has 100 valence electrons. The monoisotopic (exact) mass is 270 g/mol. The first-order valence-corrected chi connectivity index (χ1v) is 6.45. The van der Waals surface area contributed by atoms with Crippen molar-refractivity contribution in [1.29, 1.82) is 0 Å². The minimum absolute atomic E-state index is 0.0462. The fourth-order valence-corrected chi connectivity index (χ4v) is 1.86. The summed E-state index contributed by atoms with van der Waals surface area (Å²) < 4.78 is 0. The predicted octanol–water partition coefficient (Wildman–Crippen LogP) is 2.31. The minimum atomic E-state index is -0.127. The highest BCUT2D eigenvalue weighted by molar-refractivity contribution is 6.29. The summed E-state index contributed by atoms with van der Waals surface area (Å²) in [6.45, 7) is 6.70. The van der Waals surface area contributed by atoms with E-state index in [1.807, 2.05) is 20.8 Å². The van der Waals surface area contributed by atoms with Gasteiger partial charge >= 0.3 is 0 Å². The molecule has 0 radical (unpaired) electrons. The fraction of sp³-hybridized carbons (Fsp3) is 0.538. The normalized spacial score (nSPS) is 10.8. The first-order valence-electron chi connectivity index (χ1n) is 6.07. The van der Waals surface area contributed by atoms with Crippen LogP contribution >= 0.6 is 11.6 Å². The van der Waals surface area contributed by atoms with Crippen molar-refractivity contribution >= 4 is 17.5 Å². The molecular weight excluding hydrogens is 252 g/mol. The number of pyridine rings is 1. The number of amides is 1. The molecule has 0 atom stereocenters. The molecule has 0 aliphatic rings. The van der Waals surface area contributed by atoms with Crippen molar-refractivity contribution in [2.24, 2.45) is 0 Å². The lowest BCUT2D eigenvalue weighted by molar-refractivity contribution is 0.0731. The highest BCUT2D eigenvalue weighted by atomic mass is 35.5. The molecule has 0 aliphatic carbocycles.